The van der Waals surface area contributed by atoms with Gasteiger partial charge in [-0.2, -0.15) is 0 Å². The van der Waals surface area contributed by atoms with Crippen molar-refractivity contribution in [1.29, 1.82) is 0 Å². The summed E-state index contributed by atoms with van der Waals surface area (Å²) >= 11 is 1.26. The number of hydrogen-bond donors (Lipinski definition) is 0. The summed E-state index contributed by atoms with van der Waals surface area (Å²) in [6, 6.07) is 0. The Morgan fingerprint density at radius 1 is 1.88 bits per heavy atom. The maximum Gasteiger partial charge on any atom is 0.214 e. The summed E-state index contributed by atoms with van der Waals surface area (Å²) in [6.07, 6.45) is 1.61. The van der Waals surface area contributed by atoms with Gasteiger partial charge in [0.2, 0.25) is 5.06 Å². The molecule has 44 valence electrons. The number of rotatable bonds is 2. The van der Waals surface area contributed by atoms with Gasteiger partial charge in [-0.15, -0.1) is 5.10 Å². The van der Waals surface area contributed by atoms with Crippen LogP contribution in [0.4, 0.5) is 0 Å². The van der Waals surface area contributed by atoms with Gasteiger partial charge >= 0.3 is 0 Å². The highest BCUT2D eigenvalue weighted by Gasteiger charge is 1.90. The molecule has 0 radical (unpaired) electrons. The highest BCUT2D eigenvalue weighted by Crippen LogP contribution is 2.11. The van der Waals surface area contributed by atoms with Gasteiger partial charge in [0.25, 0.3) is 0 Å². The molecule has 4 heteroatoms. The summed E-state index contributed by atoms with van der Waals surface area (Å²) < 4.78 is 8.65. The second kappa shape index (κ2) is 2.61. The van der Waals surface area contributed by atoms with Crippen molar-refractivity contribution < 1.29 is 4.74 Å². The Bertz CT molecular complexity index is 140. The smallest absolute Gasteiger partial charge is 0.214 e. The molecule has 0 saturated carbocycles. The van der Waals surface area contributed by atoms with Crippen LogP contribution < -0.4 is 4.74 Å². The fourth-order valence-corrected chi connectivity index (χ4v) is 0.804. The van der Waals surface area contributed by atoms with Crippen LogP contribution in [-0.4, -0.2) is 16.2 Å². The van der Waals surface area contributed by atoms with Crippen molar-refractivity contribution in [3.63, 3.8) is 0 Å². The molecule has 0 aliphatic rings. The molecule has 3 nitrogen and oxygen atoms in total. The van der Waals surface area contributed by atoms with E-state index in [-0.39, 0.29) is 0 Å². The van der Waals surface area contributed by atoms with Gasteiger partial charge < -0.3 is 4.74 Å². The lowest BCUT2D eigenvalue weighted by Gasteiger charge is -1.91. The van der Waals surface area contributed by atoms with Gasteiger partial charge in [-0.25, -0.2) is 0 Å². The van der Waals surface area contributed by atoms with Gasteiger partial charge in [-0.05, 0) is 6.92 Å². The van der Waals surface area contributed by atoms with E-state index in [1.165, 1.54) is 11.5 Å². The fraction of sp³-hybridized carbons (Fsp3) is 0.500. The van der Waals surface area contributed by atoms with E-state index < -0.39 is 0 Å². The van der Waals surface area contributed by atoms with Gasteiger partial charge in [-0.1, -0.05) is 4.49 Å². The summed E-state index contributed by atoms with van der Waals surface area (Å²) in [5, 5.41) is 4.37. The monoisotopic (exact) mass is 130 g/mol. The third-order valence-corrected chi connectivity index (χ3v) is 1.21. The van der Waals surface area contributed by atoms with Crippen molar-refractivity contribution >= 4 is 11.5 Å². The molecule has 0 bridgehead atoms. The summed E-state index contributed by atoms with van der Waals surface area (Å²) in [5.74, 6) is 0. The van der Waals surface area contributed by atoms with Crippen molar-refractivity contribution in [1.82, 2.24) is 9.59 Å². The third-order valence-electron chi connectivity index (χ3n) is 0.628. The van der Waals surface area contributed by atoms with Crippen LogP contribution in [0.15, 0.2) is 6.20 Å². The number of aromatic nitrogens is 2. The first kappa shape index (κ1) is 5.50. The molecule has 1 heterocycles. The zero-order valence-electron chi connectivity index (χ0n) is 4.50. The van der Waals surface area contributed by atoms with E-state index in [1.807, 2.05) is 6.92 Å². The van der Waals surface area contributed by atoms with Crippen molar-refractivity contribution in [2.45, 2.75) is 6.92 Å². The number of nitrogens with zero attached hydrogens (tertiary/aromatic N) is 2. The Morgan fingerprint density at radius 3 is 3.25 bits per heavy atom. The Kier molecular flexibility index (Phi) is 1.80. The maximum absolute atomic E-state index is 5.04. The minimum Gasteiger partial charge on any atom is -0.482 e. The quantitative estimate of drug-likeness (QED) is 0.597. The lowest BCUT2D eigenvalue weighted by Crippen LogP contribution is -1.86. The molecule has 0 atom stereocenters. The third kappa shape index (κ3) is 1.16. The molecule has 8 heavy (non-hydrogen) atoms. The first-order valence-corrected chi connectivity index (χ1v) is 3.11. The van der Waals surface area contributed by atoms with Gasteiger partial charge in [0.15, 0.2) is 0 Å². The minimum atomic E-state index is 0.684. The predicted molar refractivity (Wildman–Crippen MR) is 31.1 cm³/mol. The van der Waals surface area contributed by atoms with E-state index in [2.05, 4.69) is 9.59 Å². The fourth-order valence-electron chi connectivity index (χ4n) is 0.364. The van der Waals surface area contributed by atoms with Crippen LogP contribution in [-0.2, 0) is 0 Å². The van der Waals surface area contributed by atoms with Crippen LogP contribution in [0, 0.1) is 0 Å². The van der Waals surface area contributed by atoms with Crippen LogP contribution in [0.1, 0.15) is 6.92 Å². The molecule has 0 amide bonds. The molecule has 0 saturated heterocycles. The topological polar surface area (TPSA) is 35.0 Å². The largest absolute Gasteiger partial charge is 0.482 e. The number of ether oxygens (including phenoxy) is 1. The van der Waals surface area contributed by atoms with E-state index in [4.69, 9.17) is 4.74 Å². The molecular weight excluding hydrogens is 124 g/mol. The molecule has 0 fully saturated rings. The average Bonchev–Trinajstić information content (AvgIpc) is 2.19. The Labute approximate surface area is 51.5 Å². The lowest BCUT2D eigenvalue weighted by molar-refractivity contribution is 0.349. The van der Waals surface area contributed by atoms with Crippen molar-refractivity contribution in [3.8, 4) is 5.06 Å². The molecule has 1 rings (SSSR count). The molecule has 0 aliphatic heterocycles. The molecule has 1 aromatic rings. The number of hydrogen-bond acceptors (Lipinski definition) is 4. The molecule has 0 aliphatic carbocycles. The van der Waals surface area contributed by atoms with Gasteiger partial charge in [0.05, 0.1) is 6.61 Å². The van der Waals surface area contributed by atoms with E-state index in [0.717, 1.165) is 5.06 Å². The van der Waals surface area contributed by atoms with E-state index >= 15 is 0 Å². The first-order chi connectivity index (χ1) is 3.93. The molecule has 0 aromatic carbocycles. The lowest BCUT2D eigenvalue weighted by atomic mass is 10.8. The second-order valence-electron chi connectivity index (χ2n) is 1.17. The molecule has 0 unspecified atom stereocenters. The van der Waals surface area contributed by atoms with Crippen LogP contribution in [0.2, 0.25) is 0 Å². The SMILES string of the molecule is CCOc1cnns1. The minimum absolute atomic E-state index is 0.684. The van der Waals surface area contributed by atoms with Crippen LogP contribution in [0.5, 0.6) is 5.06 Å². The average molecular weight is 130 g/mol. The van der Waals surface area contributed by atoms with Crippen molar-refractivity contribution in [3.05, 3.63) is 6.20 Å². The van der Waals surface area contributed by atoms with Crippen LogP contribution >= 0.6 is 11.5 Å². The maximum atomic E-state index is 5.04. The van der Waals surface area contributed by atoms with Crippen LogP contribution in [0.25, 0.3) is 0 Å². The second-order valence-corrected chi connectivity index (χ2v) is 1.92. The Morgan fingerprint density at radius 2 is 2.75 bits per heavy atom. The highest BCUT2D eigenvalue weighted by atomic mass is 32.1. The zero-order chi connectivity index (χ0) is 5.82. The van der Waals surface area contributed by atoms with Gasteiger partial charge in [0, 0.05) is 11.5 Å². The van der Waals surface area contributed by atoms with Crippen molar-refractivity contribution in [2.24, 2.45) is 0 Å². The standard InChI is InChI=1S/C4H6N2OS/c1-2-7-4-3-5-6-8-4/h3H,2H2,1H3. The summed E-state index contributed by atoms with van der Waals surface area (Å²) in [5.41, 5.74) is 0. The molecule has 1 aromatic heterocycles. The summed E-state index contributed by atoms with van der Waals surface area (Å²) in [4.78, 5) is 0. The summed E-state index contributed by atoms with van der Waals surface area (Å²) in [6.45, 7) is 2.61. The first-order valence-electron chi connectivity index (χ1n) is 2.33. The van der Waals surface area contributed by atoms with Crippen LogP contribution in [0.3, 0.4) is 0 Å². The normalized spacial score (nSPS) is 9.12. The van der Waals surface area contributed by atoms with Gasteiger partial charge in [-0.3, -0.25) is 0 Å². The predicted octanol–water partition coefficient (Wildman–Crippen LogP) is 0.937. The highest BCUT2D eigenvalue weighted by molar-refractivity contribution is 7.07. The molecule has 0 spiro atoms. The van der Waals surface area contributed by atoms with Gasteiger partial charge in [0.1, 0.15) is 6.20 Å². The van der Waals surface area contributed by atoms with E-state index in [1.54, 1.807) is 6.20 Å². The molecule has 0 N–H and O–H groups in total. The Hall–Kier alpha value is -0.640. The van der Waals surface area contributed by atoms with E-state index in [9.17, 15) is 0 Å². The summed E-state index contributed by atoms with van der Waals surface area (Å²) in [7, 11) is 0. The zero-order valence-corrected chi connectivity index (χ0v) is 5.31. The Balaban J connectivity index is 2.50. The van der Waals surface area contributed by atoms with E-state index in [0.29, 0.717) is 6.61 Å². The molecular formula is C4H6N2OS. The van der Waals surface area contributed by atoms with Crippen molar-refractivity contribution in [2.75, 3.05) is 6.61 Å².